The fourth-order valence-electron chi connectivity index (χ4n) is 2.72. The number of benzene rings is 1. The molecule has 5 nitrogen and oxygen atoms in total. The van der Waals surface area contributed by atoms with E-state index < -0.39 is 0 Å². The summed E-state index contributed by atoms with van der Waals surface area (Å²) in [5, 5.41) is 3.71. The van der Waals surface area contributed by atoms with Gasteiger partial charge in [0, 0.05) is 54.7 Å². The topological polar surface area (TPSA) is 54.3 Å². The molecule has 0 radical (unpaired) electrons. The molecular weight excluding hydrogens is 314 g/mol. The molecule has 1 unspecified atom stereocenters. The predicted octanol–water partition coefficient (Wildman–Crippen LogP) is 2.05. The molecule has 6 heteroatoms. The van der Waals surface area contributed by atoms with Gasteiger partial charge in [0.15, 0.2) is 0 Å². The van der Waals surface area contributed by atoms with Crippen molar-refractivity contribution < 1.29 is 4.79 Å². The third-order valence-electron chi connectivity index (χ3n) is 4.08. The highest BCUT2D eigenvalue weighted by molar-refractivity contribution is 6.30. The van der Waals surface area contributed by atoms with Gasteiger partial charge >= 0.3 is 0 Å². The second-order valence-corrected chi connectivity index (χ2v) is 6.18. The van der Waals surface area contributed by atoms with Crippen molar-refractivity contribution in [2.24, 2.45) is 7.05 Å². The van der Waals surface area contributed by atoms with Gasteiger partial charge in [-0.05, 0) is 36.8 Å². The lowest BCUT2D eigenvalue weighted by Gasteiger charge is -2.19. The van der Waals surface area contributed by atoms with E-state index in [4.69, 9.17) is 11.6 Å². The molecule has 0 aliphatic carbocycles. The summed E-state index contributed by atoms with van der Waals surface area (Å²) in [6.45, 7) is 1.63. The minimum atomic E-state index is -0.203. The van der Waals surface area contributed by atoms with Crippen LogP contribution in [0.25, 0.3) is 0 Å². The van der Waals surface area contributed by atoms with Crippen LogP contribution >= 0.6 is 11.6 Å². The number of pyridine rings is 1. The van der Waals surface area contributed by atoms with E-state index in [1.165, 1.54) is 10.6 Å². The number of hydrogen-bond donors (Lipinski definition) is 1. The lowest BCUT2D eigenvalue weighted by Crippen LogP contribution is -2.37. The van der Waals surface area contributed by atoms with Gasteiger partial charge in [0.2, 0.25) is 0 Å². The van der Waals surface area contributed by atoms with Crippen LogP contribution in [0.5, 0.6) is 0 Å². The van der Waals surface area contributed by atoms with Crippen LogP contribution in [-0.2, 0) is 7.05 Å². The zero-order chi connectivity index (χ0) is 16.4. The summed E-state index contributed by atoms with van der Waals surface area (Å²) in [6, 6.07) is 10.8. The standard InChI is InChI=1S/C17H18ClN3O2/c1-20-8-6-12(10-16(20)22)17(23)19-14-7-9-21(11-14)15-4-2-13(18)3-5-15/h2-6,8,10,14H,7,9,11H2,1H3,(H,19,23). The van der Waals surface area contributed by atoms with Crippen LogP contribution in [0.15, 0.2) is 47.4 Å². The van der Waals surface area contributed by atoms with Crippen LogP contribution in [-0.4, -0.2) is 29.6 Å². The number of aromatic nitrogens is 1. The first kappa shape index (κ1) is 15.6. The second kappa shape index (κ2) is 6.46. The summed E-state index contributed by atoms with van der Waals surface area (Å²) < 4.78 is 1.44. The highest BCUT2D eigenvalue weighted by Gasteiger charge is 2.24. The zero-order valence-corrected chi connectivity index (χ0v) is 13.6. The molecule has 1 saturated heterocycles. The molecular formula is C17H18ClN3O2. The van der Waals surface area contributed by atoms with Crippen molar-refractivity contribution in [1.82, 2.24) is 9.88 Å². The molecule has 23 heavy (non-hydrogen) atoms. The molecule has 2 aromatic rings. The summed E-state index contributed by atoms with van der Waals surface area (Å²) in [5.41, 5.74) is 1.31. The number of halogens is 1. The number of amides is 1. The van der Waals surface area contributed by atoms with Crippen molar-refractivity contribution in [1.29, 1.82) is 0 Å². The van der Waals surface area contributed by atoms with Crippen LogP contribution in [0, 0.1) is 0 Å². The molecule has 1 amide bonds. The molecule has 1 aromatic carbocycles. The lowest BCUT2D eigenvalue weighted by molar-refractivity contribution is 0.0940. The number of hydrogen-bond acceptors (Lipinski definition) is 3. The maximum atomic E-state index is 12.3. The summed E-state index contributed by atoms with van der Waals surface area (Å²) in [6.07, 6.45) is 2.48. The predicted molar refractivity (Wildman–Crippen MR) is 91.2 cm³/mol. The molecule has 1 fully saturated rings. The summed E-state index contributed by atoms with van der Waals surface area (Å²) in [5.74, 6) is -0.203. The molecule has 0 saturated carbocycles. The first-order chi connectivity index (χ1) is 11.0. The van der Waals surface area contributed by atoms with Gasteiger partial charge in [-0.2, -0.15) is 0 Å². The van der Waals surface area contributed by atoms with E-state index >= 15 is 0 Å². The Balaban J connectivity index is 1.63. The highest BCUT2D eigenvalue weighted by atomic mass is 35.5. The van der Waals surface area contributed by atoms with Gasteiger partial charge in [0.25, 0.3) is 11.5 Å². The average Bonchev–Trinajstić information content (AvgIpc) is 2.99. The molecule has 120 valence electrons. The fraction of sp³-hybridized carbons (Fsp3) is 0.294. The average molecular weight is 332 g/mol. The van der Waals surface area contributed by atoms with Gasteiger partial charge in [-0.15, -0.1) is 0 Å². The number of nitrogens with one attached hydrogen (secondary N) is 1. The van der Waals surface area contributed by atoms with E-state index in [2.05, 4.69) is 10.2 Å². The van der Waals surface area contributed by atoms with Crippen LogP contribution in [0.2, 0.25) is 5.02 Å². The monoisotopic (exact) mass is 331 g/mol. The quantitative estimate of drug-likeness (QED) is 0.936. The van der Waals surface area contributed by atoms with Crippen LogP contribution < -0.4 is 15.8 Å². The molecule has 1 N–H and O–H groups in total. The summed E-state index contributed by atoms with van der Waals surface area (Å²) in [7, 11) is 1.66. The van der Waals surface area contributed by atoms with Crippen LogP contribution in [0.3, 0.4) is 0 Å². The largest absolute Gasteiger partial charge is 0.369 e. The Kier molecular flexibility index (Phi) is 4.39. The number of aryl methyl sites for hydroxylation is 1. The Labute approximate surface area is 139 Å². The Bertz CT molecular complexity index is 770. The van der Waals surface area contributed by atoms with Gasteiger partial charge in [0.05, 0.1) is 0 Å². The molecule has 0 spiro atoms. The second-order valence-electron chi connectivity index (χ2n) is 5.75. The molecule has 3 rings (SSSR count). The number of carbonyl (C=O) groups is 1. The normalized spacial score (nSPS) is 17.3. The molecule has 1 aliphatic rings. The lowest BCUT2D eigenvalue weighted by atomic mass is 10.2. The van der Waals surface area contributed by atoms with E-state index in [1.807, 2.05) is 24.3 Å². The van der Waals surface area contributed by atoms with Crippen molar-refractivity contribution in [2.75, 3.05) is 18.0 Å². The molecule has 0 bridgehead atoms. The van der Waals surface area contributed by atoms with E-state index in [9.17, 15) is 9.59 Å². The van der Waals surface area contributed by atoms with E-state index in [0.717, 1.165) is 25.2 Å². The SMILES string of the molecule is Cn1ccc(C(=O)NC2CCN(c3ccc(Cl)cc3)C2)cc1=O. The Morgan fingerprint density at radius 3 is 2.70 bits per heavy atom. The van der Waals surface area contributed by atoms with Crippen molar-refractivity contribution in [3.8, 4) is 0 Å². The summed E-state index contributed by atoms with van der Waals surface area (Å²) in [4.78, 5) is 26.1. The molecule has 2 heterocycles. The molecule has 1 aromatic heterocycles. The zero-order valence-electron chi connectivity index (χ0n) is 12.8. The fourth-order valence-corrected chi connectivity index (χ4v) is 2.85. The maximum Gasteiger partial charge on any atom is 0.251 e. The van der Waals surface area contributed by atoms with Gasteiger partial charge in [0.1, 0.15) is 0 Å². The van der Waals surface area contributed by atoms with Gasteiger partial charge in [-0.25, -0.2) is 0 Å². The van der Waals surface area contributed by atoms with Crippen LogP contribution in [0.1, 0.15) is 16.8 Å². The van der Waals surface area contributed by atoms with E-state index in [-0.39, 0.29) is 17.5 Å². The third kappa shape index (κ3) is 3.56. The number of nitrogens with zero attached hydrogens (tertiary/aromatic N) is 2. The van der Waals surface area contributed by atoms with Gasteiger partial charge in [-0.3, -0.25) is 9.59 Å². The maximum absolute atomic E-state index is 12.3. The van der Waals surface area contributed by atoms with Crippen molar-refractivity contribution >= 4 is 23.2 Å². The highest BCUT2D eigenvalue weighted by Crippen LogP contribution is 2.22. The molecule has 1 atom stereocenters. The van der Waals surface area contributed by atoms with Gasteiger partial charge < -0.3 is 14.8 Å². The number of rotatable bonds is 3. The Hall–Kier alpha value is -2.27. The number of carbonyl (C=O) groups excluding carboxylic acids is 1. The van der Waals surface area contributed by atoms with Crippen molar-refractivity contribution in [2.45, 2.75) is 12.5 Å². The minimum absolute atomic E-state index is 0.0715. The van der Waals surface area contributed by atoms with Crippen LogP contribution in [0.4, 0.5) is 5.69 Å². The summed E-state index contributed by atoms with van der Waals surface area (Å²) >= 11 is 5.90. The first-order valence-electron chi connectivity index (χ1n) is 7.51. The Morgan fingerprint density at radius 1 is 1.26 bits per heavy atom. The van der Waals surface area contributed by atoms with E-state index in [0.29, 0.717) is 10.6 Å². The third-order valence-corrected chi connectivity index (χ3v) is 4.33. The molecule has 1 aliphatic heterocycles. The van der Waals surface area contributed by atoms with Crippen molar-refractivity contribution in [3.63, 3.8) is 0 Å². The van der Waals surface area contributed by atoms with Crippen molar-refractivity contribution in [3.05, 3.63) is 63.5 Å². The smallest absolute Gasteiger partial charge is 0.251 e. The van der Waals surface area contributed by atoms with E-state index in [1.54, 1.807) is 19.3 Å². The minimum Gasteiger partial charge on any atom is -0.369 e. The number of anilines is 1. The van der Waals surface area contributed by atoms with Gasteiger partial charge in [-0.1, -0.05) is 11.6 Å². The Morgan fingerprint density at radius 2 is 2.00 bits per heavy atom. The first-order valence-corrected chi connectivity index (χ1v) is 7.89.